The van der Waals surface area contributed by atoms with Gasteiger partial charge in [-0.25, -0.2) is 4.98 Å². The van der Waals surface area contributed by atoms with Crippen LogP contribution in [0.1, 0.15) is 12.1 Å². The molecule has 1 aromatic carbocycles. The molecule has 4 rings (SSSR count). The zero-order valence-electron chi connectivity index (χ0n) is 16.1. The van der Waals surface area contributed by atoms with Crippen molar-refractivity contribution in [3.05, 3.63) is 48.4 Å². The molecule has 1 N–H and O–H groups in total. The molecule has 6 heteroatoms. The fourth-order valence-corrected chi connectivity index (χ4v) is 3.90. The van der Waals surface area contributed by atoms with E-state index in [4.69, 9.17) is 9.72 Å². The van der Waals surface area contributed by atoms with E-state index in [1.54, 1.807) is 7.11 Å². The number of likely N-dealkylation sites (tertiary alicyclic amines) is 1. The number of aromatic amines is 1. The second kappa shape index (κ2) is 8.06. The number of nitrogens with one attached hydrogen (secondary N) is 1. The first-order chi connectivity index (χ1) is 13.2. The highest BCUT2D eigenvalue weighted by molar-refractivity contribution is 5.76. The molecule has 2 aromatic heterocycles. The summed E-state index contributed by atoms with van der Waals surface area (Å²) in [7, 11) is 1.77. The lowest BCUT2D eigenvalue weighted by Crippen LogP contribution is -2.25. The van der Waals surface area contributed by atoms with Gasteiger partial charge in [-0.3, -0.25) is 5.10 Å². The molecule has 142 valence electrons. The standard InChI is InChI=1S/C21H27N5O/c1-16-12-19(24-23-16)21-20(18-6-4-3-5-7-18)22-15-26(21)14-17-8-9-25(13-17)10-11-27-2/h3-7,12,15,17H,8-11,13-14H2,1-2H3,(H,23,24). The molecule has 0 bridgehead atoms. The van der Waals surface area contributed by atoms with E-state index in [-0.39, 0.29) is 0 Å². The van der Waals surface area contributed by atoms with Gasteiger partial charge in [-0.1, -0.05) is 30.3 Å². The lowest BCUT2D eigenvalue weighted by Gasteiger charge is -2.16. The monoisotopic (exact) mass is 365 g/mol. The van der Waals surface area contributed by atoms with Crippen molar-refractivity contribution in [2.24, 2.45) is 5.92 Å². The summed E-state index contributed by atoms with van der Waals surface area (Å²) in [4.78, 5) is 7.25. The summed E-state index contributed by atoms with van der Waals surface area (Å²) in [6.07, 6.45) is 3.18. The predicted octanol–water partition coefficient (Wildman–Crippen LogP) is 3.22. The van der Waals surface area contributed by atoms with Gasteiger partial charge in [0, 0.05) is 38.0 Å². The second-order valence-electron chi connectivity index (χ2n) is 7.34. The zero-order valence-corrected chi connectivity index (χ0v) is 16.1. The first-order valence-electron chi connectivity index (χ1n) is 9.59. The quantitative estimate of drug-likeness (QED) is 0.698. The minimum atomic E-state index is 0.624. The average Bonchev–Trinajstić information content (AvgIpc) is 3.41. The first-order valence-corrected chi connectivity index (χ1v) is 9.59. The summed E-state index contributed by atoms with van der Waals surface area (Å²) < 4.78 is 7.50. The van der Waals surface area contributed by atoms with Gasteiger partial charge in [0.1, 0.15) is 5.69 Å². The van der Waals surface area contributed by atoms with Gasteiger partial charge >= 0.3 is 0 Å². The lowest BCUT2D eigenvalue weighted by atomic mass is 10.1. The number of rotatable bonds is 7. The predicted molar refractivity (Wildman–Crippen MR) is 106 cm³/mol. The Morgan fingerprint density at radius 2 is 2.11 bits per heavy atom. The molecular formula is C21H27N5O. The second-order valence-corrected chi connectivity index (χ2v) is 7.34. The zero-order chi connectivity index (χ0) is 18.6. The summed E-state index contributed by atoms with van der Waals surface area (Å²) in [5.74, 6) is 0.624. The van der Waals surface area contributed by atoms with Gasteiger partial charge < -0.3 is 14.2 Å². The van der Waals surface area contributed by atoms with Crippen LogP contribution in [-0.4, -0.2) is 58.0 Å². The smallest absolute Gasteiger partial charge is 0.111 e. The third-order valence-electron chi connectivity index (χ3n) is 5.27. The molecule has 3 heterocycles. The molecule has 27 heavy (non-hydrogen) atoms. The molecule has 1 atom stereocenters. The maximum atomic E-state index is 5.22. The molecule has 0 radical (unpaired) electrons. The number of methoxy groups -OCH3 is 1. The van der Waals surface area contributed by atoms with Gasteiger partial charge in [-0.05, 0) is 31.9 Å². The summed E-state index contributed by atoms with van der Waals surface area (Å²) in [6.45, 7) is 7.06. The molecule has 0 saturated carbocycles. The van der Waals surface area contributed by atoms with E-state index in [0.29, 0.717) is 5.92 Å². The number of nitrogens with zero attached hydrogens (tertiary/aromatic N) is 4. The maximum Gasteiger partial charge on any atom is 0.111 e. The normalized spacial score (nSPS) is 17.6. The Morgan fingerprint density at radius 1 is 1.26 bits per heavy atom. The van der Waals surface area contributed by atoms with Crippen LogP contribution in [0.2, 0.25) is 0 Å². The number of aromatic nitrogens is 4. The largest absolute Gasteiger partial charge is 0.383 e. The van der Waals surface area contributed by atoms with Crippen molar-refractivity contribution in [2.45, 2.75) is 19.9 Å². The van der Waals surface area contributed by atoms with Crippen molar-refractivity contribution in [3.63, 3.8) is 0 Å². The minimum Gasteiger partial charge on any atom is -0.383 e. The van der Waals surface area contributed by atoms with Crippen molar-refractivity contribution < 1.29 is 4.74 Å². The minimum absolute atomic E-state index is 0.624. The Hall–Kier alpha value is -2.44. The van der Waals surface area contributed by atoms with Crippen LogP contribution >= 0.6 is 0 Å². The maximum absolute atomic E-state index is 5.22. The van der Waals surface area contributed by atoms with Gasteiger partial charge in [-0.15, -0.1) is 0 Å². The van der Waals surface area contributed by atoms with Crippen molar-refractivity contribution in [3.8, 4) is 22.6 Å². The van der Waals surface area contributed by atoms with Crippen LogP contribution in [-0.2, 0) is 11.3 Å². The molecule has 6 nitrogen and oxygen atoms in total. The van der Waals surface area contributed by atoms with Gasteiger partial charge in [0.05, 0.1) is 24.3 Å². The van der Waals surface area contributed by atoms with Crippen LogP contribution in [0.25, 0.3) is 22.6 Å². The Labute approximate surface area is 160 Å². The fraction of sp³-hybridized carbons (Fsp3) is 0.429. The fourth-order valence-electron chi connectivity index (χ4n) is 3.90. The molecule has 1 saturated heterocycles. The number of hydrogen-bond acceptors (Lipinski definition) is 4. The van der Waals surface area contributed by atoms with Crippen molar-refractivity contribution >= 4 is 0 Å². The highest BCUT2D eigenvalue weighted by Gasteiger charge is 2.25. The SMILES string of the molecule is COCCN1CCC(Cn2cnc(-c3ccccc3)c2-c2cc(C)[nH]n2)C1. The first kappa shape index (κ1) is 17.9. The third kappa shape index (κ3) is 3.96. The summed E-state index contributed by atoms with van der Waals surface area (Å²) in [6, 6.07) is 12.5. The average molecular weight is 365 g/mol. The Balaban J connectivity index is 1.61. The van der Waals surface area contributed by atoms with E-state index in [1.807, 2.05) is 19.3 Å². The van der Waals surface area contributed by atoms with E-state index in [2.05, 4.69) is 50.0 Å². The van der Waals surface area contributed by atoms with Gasteiger partial charge in [-0.2, -0.15) is 5.10 Å². The number of aryl methyl sites for hydroxylation is 1. The Kier molecular flexibility index (Phi) is 5.36. The van der Waals surface area contributed by atoms with E-state index in [1.165, 1.54) is 6.42 Å². The molecule has 0 aliphatic carbocycles. The van der Waals surface area contributed by atoms with E-state index in [9.17, 15) is 0 Å². The molecule has 1 fully saturated rings. The van der Waals surface area contributed by atoms with Crippen LogP contribution < -0.4 is 0 Å². The molecule has 1 aliphatic heterocycles. The van der Waals surface area contributed by atoms with Crippen LogP contribution in [0.3, 0.4) is 0 Å². The third-order valence-corrected chi connectivity index (χ3v) is 5.27. The Morgan fingerprint density at radius 3 is 2.85 bits per heavy atom. The Bertz CT molecular complexity index is 870. The summed E-state index contributed by atoms with van der Waals surface area (Å²) in [5, 5.41) is 7.60. The number of ether oxygens (including phenoxy) is 1. The van der Waals surface area contributed by atoms with Gasteiger partial charge in [0.2, 0.25) is 0 Å². The highest BCUT2D eigenvalue weighted by Crippen LogP contribution is 2.31. The van der Waals surface area contributed by atoms with Crippen molar-refractivity contribution in [1.82, 2.24) is 24.6 Å². The number of hydrogen-bond donors (Lipinski definition) is 1. The van der Waals surface area contributed by atoms with Crippen LogP contribution in [0.5, 0.6) is 0 Å². The number of imidazole rings is 1. The van der Waals surface area contributed by atoms with Crippen molar-refractivity contribution in [2.75, 3.05) is 33.4 Å². The lowest BCUT2D eigenvalue weighted by molar-refractivity contribution is 0.158. The number of benzene rings is 1. The number of H-pyrrole nitrogens is 1. The van der Waals surface area contributed by atoms with E-state index >= 15 is 0 Å². The molecular weight excluding hydrogens is 338 g/mol. The molecule has 3 aromatic rings. The molecule has 0 spiro atoms. The van der Waals surface area contributed by atoms with E-state index in [0.717, 1.165) is 61.1 Å². The topological polar surface area (TPSA) is 59.0 Å². The summed E-state index contributed by atoms with van der Waals surface area (Å²) in [5.41, 5.74) is 5.23. The van der Waals surface area contributed by atoms with Crippen molar-refractivity contribution in [1.29, 1.82) is 0 Å². The van der Waals surface area contributed by atoms with Crippen LogP contribution in [0.4, 0.5) is 0 Å². The van der Waals surface area contributed by atoms with Crippen LogP contribution in [0, 0.1) is 12.8 Å². The van der Waals surface area contributed by atoms with E-state index < -0.39 is 0 Å². The van der Waals surface area contributed by atoms with Gasteiger partial charge in [0.25, 0.3) is 0 Å². The van der Waals surface area contributed by atoms with Gasteiger partial charge in [0.15, 0.2) is 0 Å². The molecule has 1 unspecified atom stereocenters. The highest BCUT2D eigenvalue weighted by atomic mass is 16.5. The molecule has 0 amide bonds. The summed E-state index contributed by atoms with van der Waals surface area (Å²) >= 11 is 0. The van der Waals surface area contributed by atoms with Crippen LogP contribution in [0.15, 0.2) is 42.7 Å². The molecule has 1 aliphatic rings.